The van der Waals surface area contributed by atoms with Crippen LogP contribution in [0.4, 0.5) is 4.79 Å². The number of nitrogens with zero attached hydrogens (tertiary/aromatic N) is 1. The van der Waals surface area contributed by atoms with Crippen LogP contribution in [0.15, 0.2) is 0 Å². The maximum Gasteiger partial charge on any atom is 0.472 e. The van der Waals surface area contributed by atoms with E-state index in [9.17, 15) is 14.3 Å². The molecule has 1 heterocycles. The first-order valence-electron chi connectivity index (χ1n) is 9.26. The normalized spacial score (nSPS) is 17.9. The smallest absolute Gasteiger partial charge is 0.444 e. The third kappa shape index (κ3) is 10.2. The van der Waals surface area contributed by atoms with Gasteiger partial charge in [0.05, 0.1) is 19.7 Å². The van der Waals surface area contributed by atoms with Crippen molar-refractivity contribution in [3.05, 3.63) is 0 Å². The Bertz CT molecular complexity index is 445. The van der Waals surface area contributed by atoms with Crippen molar-refractivity contribution < 1.29 is 28.0 Å². The lowest BCUT2D eigenvalue weighted by Gasteiger charge is -2.39. The van der Waals surface area contributed by atoms with Crippen molar-refractivity contribution in [3.8, 4) is 0 Å². The molecule has 0 aromatic heterocycles. The van der Waals surface area contributed by atoms with Gasteiger partial charge in [-0.2, -0.15) is 0 Å². The van der Waals surface area contributed by atoms with Gasteiger partial charge in [-0.3, -0.25) is 9.05 Å². The van der Waals surface area contributed by atoms with E-state index in [1.165, 1.54) is 30.6 Å². The predicted molar refractivity (Wildman–Crippen MR) is 96.5 cm³/mol. The summed E-state index contributed by atoms with van der Waals surface area (Å²) in [4.78, 5) is 22.9. The van der Waals surface area contributed by atoms with E-state index in [0.717, 1.165) is 19.3 Å². The number of hydrogen-bond acceptors (Lipinski definition) is 5. The van der Waals surface area contributed by atoms with Gasteiger partial charge in [0.2, 0.25) is 0 Å². The number of carbonyl (C=O) groups is 1. The van der Waals surface area contributed by atoms with E-state index in [2.05, 4.69) is 6.92 Å². The quantitative estimate of drug-likeness (QED) is 0.420. The van der Waals surface area contributed by atoms with Gasteiger partial charge in [-0.05, 0) is 27.2 Å². The lowest BCUT2D eigenvalue weighted by molar-refractivity contribution is -0.0324. The Morgan fingerprint density at radius 3 is 2.24 bits per heavy atom. The van der Waals surface area contributed by atoms with Crippen LogP contribution in [0.2, 0.25) is 0 Å². The van der Waals surface area contributed by atoms with E-state index in [-0.39, 0.29) is 19.7 Å². The summed E-state index contributed by atoms with van der Waals surface area (Å²) in [7, 11) is -4.06. The molecule has 8 heteroatoms. The lowest BCUT2D eigenvalue weighted by Crippen LogP contribution is -2.55. The van der Waals surface area contributed by atoms with Crippen molar-refractivity contribution in [2.75, 3.05) is 19.7 Å². The Morgan fingerprint density at radius 2 is 1.68 bits per heavy atom. The highest BCUT2D eigenvalue weighted by atomic mass is 31.2. The number of rotatable bonds is 11. The minimum atomic E-state index is -4.06. The lowest BCUT2D eigenvalue weighted by atomic mass is 10.1. The number of hydrogen-bond donors (Lipinski definition) is 1. The van der Waals surface area contributed by atoms with Crippen molar-refractivity contribution in [2.24, 2.45) is 0 Å². The van der Waals surface area contributed by atoms with Gasteiger partial charge in [-0.1, -0.05) is 45.4 Å². The van der Waals surface area contributed by atoms with Crippen LogP contribution in [-0.4, -0.2) is 47.3 Å². The number of phosphoric ester groups is 1. The summed E-state index contributed by atoms with van der Waals surface area (Å²) < 4.78 is 27.2. The Kier molecular flexibility index (Phi) is 9.43. The fraction of sp³-hybridized carbons (Fsp3) is 0.941. The van der Waals surface area contributed by atoms with Crippen LogP contribution in [0.3, 0.4) is 0 Å². The maximum atomic E-state index is 11.9. The minimum Gasteiger partial charge on any atom is -0.444 e. The molecule has 1 fully saturated rings. The van der Waals surface area contributed by atoms with E-state index in [1.807, 2.05) is 0 Å². The topological polar surface area (TPSA) is 85.3 Å². The van der Waals surface area contributed by atoms with Gasteiger partial charge in [0.15, 0.2) is 0 Å². The number of unbranched alkanes of at least 4 members (excludes halogenated alkanes) is 6. The Balaban J connectivity index is 2.10. The second-order valence-corrected chi connectivity index (χ2v) is 8.94. The molecular weight excluding hydrogens is 345 g/mol. The van der Waals surface area contributed by atoms with Gasteiger partial charge in [-0.25, -0.2) is 9.36 Å². The van der Waals surface area contributed by atoms with E-state index in [0.29, 0.717) is 0 Å². The molecule has 1 unspecified atom stereocenters. The summed E-state index contributed by atoms with van der Waals surface area (Å²) in [5.41, 5.74) is -0.561. The molecular formula is C17H34NO6P. The van der Waals surface area contributed by atoms with Gasteiger partial charge in [0.25, 0.3) is 0 Å². The third-order valence-electron chi connectivity index (χ3n) is 3.78. The van der Waals surface area contributed by atoms with Crippen LogP contribution in [0.1, 0.15) is 72.6 Å². The first kappa shape index (κ1) is 22.4. The molecule has 0 radical (unpaired) electrons. The molecule has 0 saturated carbocycles. The molecule has 0 aliphatic carbocycles. The summed E-state index contributed by atoms with van der Waals surface area (Å²) in [6.45, 7) is 8.24. The monoisotopic (exact) mass is 379 g/mol. The van der Waals surface area contributed by atoms with Crippen LogP contribution in [0.25, 0.3) is 0 Å². The number of likely N-dealkylation sites (tertiary alicyclic amines) is 1. The molecule has 1 N–H and O–H groups in total. The number of amides is 1. The molecule has 148 valence electrons. The molecule has 0 spiro atoms. The second kappa shape index (κ2) is 10.5. The first-order valence-corrected chi connectivity index (χ1v) is 10.8. The number of ether oxygens (including phenoxy) is 1. The molecule has 1 aliphatic rings. The SMILES string of the molecule is CCCCCCCCCOP(=O)(O)OC1CN(C(=O)OC(C)(C)C)C1. The van der Waals surface area contributed by atoms with Crippen molar-refractivity contribution in [3.63, 3.8) is 0 Å². The van der Waals surface area contributed by atoms with Crippen molar-refractivity contribution in [1.82, 2.24) is 4.90 Å². The van der Waals surface area contributed by atoms with Crippen LogP contribution in [-0.2, 0) is 18.3 Å². The molecule has 1 aliphatic heterocycles. The van der Waals surface area contributed by atoms with Gasteiger partial charge in [-0.15, -0.1) is 0 Å². The van der Waals surface area contributed by atoms with E-state index in [1.54, 1.807) is 20.8 Å². The Labute approximate surface area is 151 Å². The molecule has 1 saturated heterocycles. The van der Waals surface area contributed by atoms with Gasteiger partial charge in [0, 0.05) is 0 Å². The van der Waals surface area contributed by atoms with Gasteiger partial charge in [0.1, 0.15) is 11.7 Å². The largest absolute Gasteiger partial charge is 0.472 e. The summed E-state index contributed by atoms with van der Waals surface area (Å²) in [5, 5.41) is 0. The minimum absolute atomic E-state index is 0.212. The molecule has 7 nitrogen and oxygen atoms in total. The summed E-state index contributed by atoms with van der Waals surface area (Å²) in [6.07, 6.45) is 6.85. The summed E-state index contributed by atoms with van der Waals surface area (Å²) >= 11 is 0. The molecule has 1 rings (SSSR count). The molecule has 1 atom stereocenters. The van der Waals surface area contributed by atoms with Crippen LogP contribution in [0.5, 0.6) is 0 Å². The zero-order valence-corrected chi connectivity index (χ0v) is 16.9. The summed E-state index contributed by atoms with van der Waals surface area (Å²) in [6, 6.07) is 0. The molecule has 1 amide bonds. The number of carbonyl (C=O) groups excluding carboxylic acids is 1. The molecule has 25 heavy (non-hydrogen) atoms. The molecule has 0 aromatic carbocycles. The maximum absolute atomic E-state index is 11.9. The van der Waals surface area contributed by atoms with Crippen molar-refractivity contribution in [2.45, 2.75) is 84.3 Å². The van der Waals surface area contributed by atoms with E-state index < -0.39 is 25.6 Å². The van der Waals surface area contributed by atoms with Crippen molar-refractivity contribution >= 4 is 13.9 Å². The van der Waals surface area contributed by atoms with Crippen molar-refractivity contribution in [1.29, 1.82) is 0 Å². The zero-order valence-electron chi connectivity index (χ0n) is 16.0. The van der Waals surface area contributed by atoms with Gasteiger partial charge >= 0.3 is 13.9 Å². The van der Waals surface area contributed by atoms with E-state index in [4.69, 9.17) is 13.8 Å². The predicted octanol–water partition coefficient (Wildman–Crippen LogP) is 4.49. The molecule has 0 bridgehead atoms. The van der Waals surface area contributed by atoms with Crippen LogP contribution >= 0.6 is 7.82 Å². The number of phosphoric acid groups is 1. The highest BCUT2D eigenvalue weighted by molar-refractivity contribution is 7.47. The zero-order chi connectivity index (χ0) is 18.9. The molecule has 0 aromatic rings. The summed E-state index contributed by atoms with van der Waals surface area (Å²) in [5.74, 6) is 0. The van der Waals surface area contributed by atoms with E-state index >= 15 is 0 Å². The average Bonchev–Trinajstić information content (AvgIpc) is 2.43. The average molecular weight is 379 g/mol. The standard InChI is InChI=1S/C17H34NO6P/c1-5-6-7-8-9-10-11-12-22-25(20,21)24-15-13-18(14-15)16(19)23-17(2,3)4/h15H,5-14H2,1-4H3,(H,20,21). The second-order valence-electron chi connectivity index (χ2n) is 7.54. The van der Waals surface area contributed by atoms with Crippen LogP contribution < -0.4 is 0 Å². The van der Waals surface area contributed by atoms with Crippen LogP contribution in [0, 0.1) is 0 Å². The highest BCUT2D eigenvalue weighted by Crippen LogP contribution is 2.46. The third-order valence-corrected chi connectivity index (χ3v) is 4.86. The fourth-order valence-corrected chi connectivity index (χ4v) is 3.37. The Morgan fingerprint density at radius 1 is 1.12 bits per heavy atom. The highest BCUT2D eigenvalue weighted by Gasteiger charge is 2.39. The fourth-order valence-electron chi connectivity index (χ4n) is 2.44. The van der Waals surface area contributed by atoms with Gasteiger partial charge < -0.3 is 14.5 Å². The Hall–Kier alpha value is -0.620. The first-order chi connectivity index (χ1) is 11.6.